The van der Waals surface area contributed by atoms with Crippen LogP contribution in [0.2, 0.25) is 0 Å². The molecule has 0 spiro atoms. The number of halogens is 6. The Labute approximate surface area is 132 Å². The van der Waals surface area contributed by atoms with Crippen molar-refractivity contribution in [2.75, 3.05) is 0 Å². The molecule has 0 saturated heterocycles. The minimum Gasteiger partial charge on any atom is -0.406 e. The maximum absolute atomic E-state index is 13.1. The second-order valence-corrected chi connectivity index (χ2v) is 4.59. The molecule has 9 heteroatoms. The van der Waals surface area contributed by atoms with Gasteiger partial charge >= 0.3 is 12.5 Å². The lowest BCUT2D eigenvalue weighted by Crippen LogP contribution is -2.17. The van der Waals surface area contributed by atoms with Crippen LogP contribution in [0, 0.1) is 11.3 Å². The van der Waals surface area contributed by atoms with Crippen LogP contribution in [0.1, 0.15) is 11.1 Å². The van der Waals surface area contributed by atoms with Gasteiger partial charge in [-0.2, -0.15) is 18.4 Å². The second kappa shape index (κ2) is 6.39. The van der Waals surface area contributed by atoms with Crippen molar-refractivity contribution in [1.29, 1.82) is 5.26 Å². The summed E-state index contributed by atoms with van der Waals surface area (Å²) in [6, 6.07) is 6.72. The molecule has 0 radical (unpaired) electrons. The highest BCUT2D eigenvalue weighted by atomic mass is 19.4. The molecule has 0 aliphatic carbocycles. The summed E-state index contributed by atoms with van der Waals surface area (Å²) in [6.45, 7) is 0. The standard InChI is InChI=1S/C15H8F6N2O/c16-14(17,18)12-5-7-23-13(11(12)4-6-22)9-2-1-3-10(8-9)24-15(19,20)21/h1-3,5,7-8H,4H2. The number of alkyl halides is 6. The Hall–Kier alpha value is -2.76. The van der Waals surface area contributed by atoms with Crippen LogP contribution in [0.15, 0.2) is 36.5 Å². The van der Waals surface area contributed by atoms with Crippen LogP contribution in [0.4, 0.5) is 26.3 Å². The molecular weight excluding hydrogens is 338 g/mol. The largest absolute Gasteiger partial charge is 0.573 e. The van der Waals surface area contributed by atoms with Crippen LogP contribution >= 0.6 is 0 Å². The van der Waals surface area contributed by atoms with Gasteiger partial charge in [0, 0.05) is 17.3 Å². The van der Waals surface area contributed by atoms with E-state index in [0.29, 0.717) is 6.07 Å². The van der Waals surface area contributed by atoms with Crippen molar-refractivity contribution in [3.63, 3.8) is 0 Å². The SMILES string of the molecule is N#CCc1c(C(F)(F)F)ccnc1-c1cccc(OC(F)(F)F)c1. The lowest BCUT2D eigenvalue weighted by atomic mass is 9.98. The second-order valence-electron chi connectivity index (χ2n) is 4.59. The Bertz CT molecular complexity index is 777. The zero-order valence-electron chi connectivity index (χ0n) is 11.7. The van der Waals surface area contributed by atoms with E-state index in [2.05, 4.69) is 9.72 Å². The third-order valence-electron chi connectivity index (χ3n) is 2.96. The number of nitrogens with zero attached hydrogens (tertiary/aromatic N) is 2. The predicted octanol–water partition coefficient (Wildman–Crippen LogP) is 4.73. The van der Waals surface area contributed by atoms with Crippen LogP contribution < -0.4 is 4.74 Å². The number of ether oxygens (including phenoxy) is 1. The van der Waals surface area contributed by atoms with Crippen molar-refractivity contribution in [2.45, 2.75) is 19.0 Å². The van der Waals surface area contributed by atoms with Crippen molar-refractivity contribution < 1.29 is 31.1 Å². The molecule has 1 aromatic heterocycles. The van der Waals surface area contributed by atoms with E-state index in [0.717, 1.165) is 18.3 Å². The summed E-state index contributed by atoms with van der Waals surface area (Å²) in [5.74, 6) is -0.595. The fourth-order valence-electron chi connectivity index (χ4n) is 2.11. The number of hydrogen-bond acceptors (Lipinski definition) is 3. The van der Waals surface area contributed by atoms with Gasteiger partial charge in [-0.3, -0.25) is 4.98 Å². The Balaban J connectivity index is 2.57. The average Bonchev–Trinajstić information content (AvgIpc) is 2.45. The fourth-order valence-corrected chi connectivity index (χ4v) is 2.11. The Morgan fingerprint density at radius 3 is 2.38 bits per heavy atom. The molecule has 0 unspecified atom stereocenters. The van der Waals surface area contributed by atoms with Gasteiger partial charge in [0.05, 0.1) is 23.7 Å². The Morgan fingerprint density at radius 2 is 1.79 bits per heavy atom. The molecule has 24 heavy (non-hydrogen) atoms. The number of rotatable bonds is 3. The Kier molecular flexibility index (Phi) is 4.68. The Morgan fingerprint density at radius 1 is 1.08 bits per heavy atom. The van der Waals surface area contributed by atoms with Crippen LogP contribution in [0.5, 0.6) is 5.75 Å². The number of benzene rings is 1. The van der Waals surface area contributed by atoms with E-state index in [1.54, 1.807) is 6.07 Å². The van der Waals surface area contributed by atoms with Gasteiger partial charge in [0.15, 0.2) is 0 Å². The molecular formula is C15H8F6N2O. The highest BCUT2D eigenvalue weighted by molar-refractivity contribution is 5.66. The first-order chi connectivity index (χ1) is 11.1. The zero-order valence-corrected chi connectivity index (χ0v) is 11.7. The maximum Gasteiger partial charge on any atom is 0.573 e. The minimum atomic E-state index is -4.94. The normalized spacial score (nSPS) is 11.9. The molecule has 0 amide bonds. The van der Waals surface area contributed by atoms with Gasteiger partial charge in [0.25, 0.3) is 0 Å². The number of nitriles is 1. The van der Waals surface area contributed by atoms with Crippen LogP contribution in [-0.2, 0) is 12.6 Å². The first-order valence-electron chi connectivity index (χ1n) is 6.40. The van der Waals surface area contributed by atoms with E-state index in [9.17, 15) is 26.3 Å². The lowest BCUT2D eigenvalue weighted by molar-refractivity contribution is -0.274. The van der Waals surface area contributed by atoms with Crippen molar-refractivity contribution in [1.82, 2.24) is 4.98 Å². The summed E-state index contributed by atoms with van der Waals surface area (Å²) in [5, 5.41) is 8.77. The van der Waals surface area contributed by atoms with E-state index in [4.69, 9.17) is 5.26 Å². The van der Waals surface area contributed by atoms with E-state index < -0.39 is 35.8 Å². The smallest absolute Gasteiger partial charge is 0.406 e. The molecule has 1 aromatic carbocycles. The molecule has 0 fully saturated rings. The van der Waals surface area contributed by atoms with Crippen LogP contribution in [0.3, 0.4) is 0 Å². The van der Waals surface area contributed by atoms with Crippen molar-refractivity contribution in [2.24, 2.45) is 0 Å². The summed E-state index contributed by atoms with van der Waals surface area (Å²) in [5.41, 5.74) is -1.71. The third-order valence-corrected chi connectivity index (χ3v) is 2.96. The minimum absolute atomic E-state index is 0.0203. The summed E-state index contributed by atoms with van der Waals surface area (Å²) in [6.07, 6.45) is -9.36. The monoisotopic (exact) mass is 346 g/mol. The predicted molar refractivity (Wildman–Crippen MR) is 70.7 cm³/mol. The first-order valence-corrected chi connectivity index (χ1v) is 6.40. The quantitative estimate of drug-likeness (QED) is 0.755. The molecule has 2 rings (SSSR count). The van der Waals surface area contributed by atoms with Gasteiger partial charge < -0.3 is 4.74 Å². The highest BCUT2D eigenvalue weighted by Gasteiger charge is 2.35. The maximum atomic E-state index is 13.1. The molecule has 0 saturated carbocycles. The highest BCUT2D eigenvalue weighted by Crippen LogP contribution is 2.36. The van der Waals surface area contributed by atoms with E-state index in [1.807, 2.05) is 0 Å². The summed E-state index contributed by atoms with van der Waals surface area (Å²) < 4.78 is 79.7. The third kappa shape index (κ3) is 4.16. The van der Waals surface area contributed by atoms with Crippen LogP contribution in [-0.4, -0.2) is 11.3 Å². The molecule has 1 heterocycles. The number of pyridine rings is 1. The lowest BCUT2D eigenvalue weighted by Gasteiger charge is -2.15. The van der Waals surface area contributed by atoms with Crippen molar-refractivity contribution >= 4 is 0 Å². The fraction of sp³-hybridized carbons (Fsp3) is 0.200. The number of hydrogen-bond donors (Lipinski definition) is 0. The van der Waals surface area contributed by atoms with Crippen molar-refractivity contribution in [3.8, 4) is 23.1 Å². The van der Waals surface area contributed by atoms with Gasteiger partial charge in [0.2, 0.25) is 0 Å². The van der Waals surface area contributed by atoms with E-state index in [-0.39, 0.29) is 11.3 Å². The molecule has 0 bridgehead atoms. The first kappa shape index (κ1) is 17.6. The van der Waals surface area contributed by atoms with Crippen LogP contribution in [0.25, 0.3) is 11.3 Å². The molecule has 2 aromatic rings. The van der Waals surface area contributed by atoms with E-state index >= 15 is 0 Å². The van der Waals surface area contributed by atoms with E-state index in [1.165, 1.54) is 12.1 Å². The van der Waals surface area contributed by atoms with Crippen molar-refractivity contribution in [3.05, 3.63) is 47.7 Å². The topological polar surface area (TPSA) is 45.9 Å². The summed E-state index contributed by atoms with van der Waals surface area (Å²) >= 11 is 0. The molecule has 0 atom stereocenters. The van der Waals surface area contributed by atoms with Gasteiger partial charge in [-0.15, -0.1) is 13.2 Å². The average molecular weight is 346 g/mol. The summed E-state index contributed by atoms with van der Waals surface area (Å²) in [7, 11) is 0. The van der Waals surface area contributed by atoms with Gasteiger partial charge in [-0.1, -0.05) is 12.1 Å². The molecule has 0 aliphatic heterocycles. The summed E-state index contributed by atoms with van der Waals surface area (Å²) in [4.78, 5) is 3.79. The molecule has 3 nitrogen and oxygen atoms in total. The zero-order chi connectivity index (χ0) is 18.0. The number of aromatic nitrogens is 1. The van der Waals surface area contributed by atoms with Gasteiger partial charge in [-0.05, 0) is 18.2 Å². The molecule has 0 N–H and O–H groups in total. The van der Waals surface area contributed by atoms with Gasteiger partial charge in [0.1, 0.15) is 5.75 Å². The molecule has 126 valence electrons. The molecule has 0 aliphatic rings. The van der Waals surface area contributed by atoms with Gasteiger partial charge in [-0.25, -0.2) is 0 Å².